The van der Waals surface area contributed by atoms with Gasteiger partial charge in [-0.25, -0.2) is 10.1 Å². The highest BCUT2D eigenvalue weighted by atomic mass is 32.1. The molecule has 1 unspecified atom stereocenters. The second-order valence-electron chi connectivity index (χ2n) is 3.86. The van der Waals surface area contributed by atoms with Gasteiger partial charge in [0.2, 0.25) is 5.95 Å². The molecule has 3 heterocycles. The monoisotopic (exact) mass is 265 g/mol. The summed E-state index contributed by atoms with van der Waals surface area (Å²) in [6.45, 7) is 0.768. The van der Waals surface area contributed by atoms with Gasteiger partial charge in [-0.05, 0) is 12.8 Å². The molecule has 2 aromatic rings. The van der Waals surface area contributed by atoms with Crippen molar-refractivity contribution in [2.45, 2.75) is 18.9 Å². The summed E-state index contributed by atoms with van der Waals surface area (Å²) in [6, 6.07) is 0. The van der Waals surface area contributed by atoms with Crippen LogP contribution < -0.4 is 5.32 Å². The Morgan fingerprint density at radius 2 is 2.56 bits per heavy atom. The highest BCUT2D eigenvalue weighted by Gasteiger charge is 2.22. The van der Waals surface area contributed by atoms with Gasteiger partial charge in [-0.3, -0.25) is 10.1 Å². The number of rotatable bonds is 3. The SMILES string of the molecule is O=C(Nc1ncn[nH]1)c1csc(C2CCCO2)n1. The number of hydrogen-bond donors (Lipinski definition) is 2. The zero-order valence-electron chi connectivity index (χ0n) is 9.42. The first kappa shape index (κ1) is 11.3. The first-order valence-corrected chi connectivity index (χ1v) is 6.44. The molecule has 1 aliphatic heterocycles. The molecule has 0 bridgehead atoms. The van der Waals surface area contributed by atoms with E-state index in [4.69, 9.17) is 4.74 Å². The summed E-state index contributed by atoms with van der Waals surface area (Å²) in [7, 11) is 0. The van der Waals surface area contributed by atoms with Gasteiger partial charge in [-0.1, -0.05) is 0 Å². The van der Waals surface area contributed by atoms with Crippen molar-refractivity contribution in [3.05, 3.63) is 22.4 Å². The number of H-pyrrole nitrogens is 1. The first-order valence-electron chi connectivity index (χ1n) is 5.56. The van der Waals surface area contributed by atoms with Gasteiger partial charge in [0, 0.05) is 12.0 Å². The number of carbonyl (C=O) groups is 1. The minimum atomic E-state index is -0.299. The molecule has 0 aliphatic carbocycles. The zero-order valence-corrected chi connectivity index (χ0v) is 10.2. The van der Waals surface area contributed by atoms with Crippen LogP contribution >= 0.6 is 11.3 Å². The van der Waals surface area contributed by atoms with Crippen LogP contribution in [0.15, 0.2) is 11.7 Å². The summed E-state index contributed by atoms with van der Waals surface area (Å²) in [6.07, 6.45) is 3.39. The third-order valence-corrected chi connectivity index (χ3v) is 3.54. The lowest BCUT2D eigenvalue weighted by atomic mass is 10.2. The molecule has 2 N–H and O–H groups in total. The number of nitrogens with one attached hydrogen (secondary N) is 2. The van der Waals surface area contributed by atoms with E-state index in [0.717, 1.165) is 24.5 Å². The van der Waals surface area contributed by atoms with Crippen molar-refractivity contribution in [3.8, 4) is 0 Å². The van der Waals surface area contributed by atoms with Crippen molar-refractivity contribution in [3.63, 3.8) is 0 Å². The molecule has 7 nitrogen and oxygen atoms in total. The minimum Gasteiger partial charge on any atom is -0.371 e. The molecule has 0 spiro atoms. The molecule has 1 amide bonds. The van der Waals surface area contributed by atoms with E-state index in [9.17, 15) is 4.79 Å². The average Bonchev–Trinajstić information content (AvgIpc) is 3.11. The smallest absolute Gasteiger partial charge is 0.277 e. The Kier molecular flexibility index (Phi) is 3.03. The molecule has 0 radical (unpaired) electrons. The van der Waals surface area contributed by atoms with E-state index < -0.39 is 0 Å². The van der Waals surface area contributed by atoms with Gasteiger partial charge in [0.25, 0.3) is 5.91 Å². The largest absolute Gasteiger partial charge is 0.371 e. The molecule has 1 aliphatic rings. The fourth-order valence-corrected chi connectivity index (χ4v) is 2.63. The van der Waals surface area contributed by atoms with Gasteiger partial charge < -0.3 is 4.74 Å². The normalized spacial score (nSPS) is 19.0. The molecule has 3 rings (SSSR count). The van der Waals surface area contributed by atoms with Crippen LogP contribution in [-0.4, -0.2) is 32.7 Å². The van der Waals surface area contributed by atoms with E-state index in [0.29, 0.717) is 11.6 Å². The molecule has 2 aromatic heterocycles. The second-order valence-corrected chi connectivity index (χ2v) is 4.75. The number of amides is 1. The Morgan fingerprint density at radius 3 is 3.28 bits per heavy atom. The highest BCUT2D eigenvalue weighted by molar-refractivity contribution is 7.09. The van der Waals surface area contributed by atoms with Crippen molar-refractivity contribution >= 4 is 23.2 Å². The van der Waals surface area contributed by atoms with E-state index in [2.05, 4.69) is 25.5 Å². The van der Waals surface area contributed by atoms with Crippen LogP contribution in [0.3, 0.4) is 0 Å². The molecule has 8 heteroatoms. The van der Waals surface area contributed by atoms with Crippen molar-refractivity contribution in [1.82, 2.24) is 20.2 Å². The third kappa shape index (κ3) is 2.24. The van der Waals surface area contributed by atoms with Crippen LogP contribution in [0.1, 0.15) is 34.4 Å². The highest BCUT2D eigenvalue weighted by Crippen LogP contribution is 2.30. The first-order chi connectivity index (χ1) is 8.83. The molecular formula is C10H11N5O2S. The topological polar surface area (TPSA) is 92.8 Å². The number of anilines is 1. The lowest BCUT2D eigenvalue weighted by Crippen LogP contribution is -2.13. The fraction of sp³-hybridized carbons (Fsp3) is 0.400. The predicted octanol–water partition coefficient (Wildman–Crippen LogP) is 1.36. The van der Waals surface area contributed by atoms with E-state index in [-0.39, 0.29) is 12.0 Å². The summed E-state index contributed by atoms with van der Waals surface area (Å²) in [5, 5.41) is 11.4. The molecule has 0 saturated carbocycles. The Balaban J connectivity index is 1.70. The van der Waals surface area contributed by atoms with Gasteiger partial charge in [0.15, 0.2) is 0 Å². The number of hydrogen-bond acceptors (Lipinski definition) is 6. The molecule has 1 fully saturated rings. The molecule has 0 aromatic carbocycles. The Labute approximate surface area is 107 Å². The number of aromatic amines is 1. The summed E-state index contributed by atoms with van der Waals surface area (Å²) < 4.78 is 5.53. The number of thiazole rings is 1. The average molecular weight is 265 g/mol. The predicted molar refractivity (Wildman–Crippen MR) is 64.4 cm³/mol. The van der Waals surface area contributed by atoms with Gasteiger partial charge in [-0.2, -0.15) is 10.1 Å². The van der Waals surface area contributed by atoms with E-state index >= 15 is 0 Å². The van der Waals surface area contributed by atoms with Crippen LogP contribution in [0.2, 0.25) is 0 Å². The molecule has 1 saturated heterocycles. The number of ether oxygens (including phenoxy) is 1. The van der Waals surface area contributed by atoms with Gasteiger partial charge in [-0.15, -0.1) is 11.3 Å². The van der Waals surface area contributed by atoms with Crippen LogP contribution in [0.5, 0.6) is 0 Å². The Hall–Kier alpha value is -1.80. The van der Waals surface area contributed by atoms with Crippen molar-refractivity contribution in [2.75, 3.05) is 11.9 Å². The fourth-order valence-electron chi connectivity index (χ4n) is 1.75. The lowest BCUT2D eigenvalue weighted by Gasteiger charge is -2.03. The zero-order chi connectivity index (χ0) is 12.4. The molecule has 94 valence electrons. The van der Waals surface area contributed by atoms with Crippen LogP contribution in [0, 0.1) is 0 Å². The van der Waals surface area contributed by atoms with E-state index in [1.165, 1.54) is 17.7 Å². The van der Waals surface area contributed by atoms with Gasteiger partial charge in [0.05, 0.1) is 0 Å². The number of carbonyl (C=O) groups excluding carboxylic acids is 1. The van der Waals surface area contributed by atoms with Crippen LogP contribution in [0.4, 0.5) is 5.95 Å². The molecule has 1 atom stereocenters. The van der Waals surface area contributed by atoms with Crippen molar-refractivity contribution in [1.29, 1.82) is 0 Å². The van der Waals surface area contributed by atoms with Crippen LogP contribution in [0.25, 0.3) is 0 Å². The Morgan fingerprint density at radius 1 is 1.61 bits per heavy atom. The van der Waals surface area contributed by atoms with Gasteiger partial charge >= 0.3 is 0 Å². The maximum Gasteiger partial charge on any atom is 0.277 e. The van der Waals surface area contributed by atoms with Crippen molar-refractivity contribution in [2.24, 2.45) is 0 Å². The Bertz CT molecular complexity index is 532. The quantitative estimate of drug-likeness (QED) is 0.874. The molecule has 18 heavy (non-hydrogen) atoms. The van der Waals surface area contributed by atoms with Crippen LogP contribution in [-0.2, 0) is 4.74 Å². The summed E-state index contributed by atoms with van der Waals surface area (Å²) in [4.78, 5) is 20.0. The molecular weight excluding hydrogens is 254 g/mol. The standard InChI is InChI=1S/C10H11N5O2S/c16-8(14-10-11-5-12-15-10)6-4-18-9(13-6)7-2-1-3-17-7/h4-5,7H,1-3H2,(H2,11,12,14,15,16). The van der Waals surface area contributed by atoms with E-state index in [1.807, 2.05) is 0 Å². The second kappa shape index (κ2) is 4.83. The third-order valence-electron chi connectivity index (χ3n) is 2.61. The van der Waals surface area contributed by atoms with Crippen molar-refractivity contribution < 1.29 is 9.53 Å². The maximum atomic E-state index is 11.8. The minimum absolute atomic E-state index is 0.0434. The maximum absolute atomic E-state index is 11.8. The summed E-state index contributed by atoms with van der Waals surface area (Å²) in [5.74, 6) is 0.0129. The lowest BCUT2D eigenvalue weighted by molar-refractivity contribution is 0.101. The number of aromatic nitrogens is 4. The number of nitrogens with zero attached hydrogens (tertiary/aromatic N) is 3. The summed E-state index contributed by atoms with van der Waals surface area (Å²) in [5.41, 5.74) is 0.377. The van der Waals surface area contributed by atoms with Gasteiger partial charge in [0.1, 0.15) is 23.1 Å². The van der Waals surface area contributed by atoms with E-state index in [1.54, 1.807) is 5.38 Å². The summed E-state index contributed by atoms with van der Waals surface area (Å²) >= 11 is 1.44.